The van der Waals surface area contributed by atoms with Crippen LogP contribution in [0.3, 0.4) is 0 Å². The number of nitrogen functional groups attached to an aromatic ring is 1. The van der Waals surface area contributed by atoms with Gasteiger partial charge in [-0.1, -0.05) is 38.8 Å². The van der Waals surface area contributed by atoms with Crippen molar-refractivity contribution in [2.75, 3.05) is 12.3 Å². The van der Waals surface area contributed by atoms with Crippen molar-refractivity contribution in [2.24, 2.45) is 5.92 Å². The van der Waals surface area contributed by atoms with Gasteiger partial charge in [0.05, 0.1) is 5.69 Å². The minimum Gasteiger partial charge on any atom is -0.398 e. The van der Waals surface area contributed by atoms with E-state index in [4.69, 9.17) is 5.73 Å². The van der Waals surface area contributed by atoms with Crippen LogP contribution >= 0.6 is 0 Å². The number of nitrogens with one attached hydrogen (secondary N) is 1. The van der Waals surface area contributed by atoms with Crippen molar-refractivity contribution in [1.29, 1.82) is 0 Å². The summed E-state index contributed by atoms with van der Waals surface area (Å²) in [6.07, 6.45) is 1.92. The molecule has 0 aliphatic carbocycles. The fourth-order valence-corrected chi connectivity index (χ4v) is 3.39. The van der Waals surface area contributed by atoms with Crippen molar-refractivity contribution < 1.29 is 8.42 Å². The molecule has 0 saturated carbocycles. The first kappa shape index (κ1) is 15.0. The second kappa shape index (κ2) is 6.20. The predicted octanol–water partition coefficient (Wildman–Crippen LogP) is 2.29. The van der Waals surface area contributed by atoms with Gasteiger partial charge >= 0.3 is 0 Å². The average molecular weight is 270 g/mol. The molecule has 0 aliphatic heterocycles. The molecule has 1 aromatic carbocycles. The highest BCUT2D eigenvalue weighted by atomic mass is 32.2. The van der Waals surface area contributed by atoms with Gasteiger partial charge in [0.1, 0.15) is 4.90 Å². The number of benzene rings is 1. The maximum atomic E-state index is 12.2. The number of hydrogen-bond acceptors (Lipinski definition) is 3. The standard InChI is InChI=1S/C13H22N2O2S/c1-4-11(5-2)9-15-18(16,17)13-10(3)7-6-8-12(13)14/h6-8,11,15H,4-5,9,14H2,1-3H3. The molecule has 0 spiro atoms. The van der Waals surface area contributed by atoms with Gasteiger partial charge < -0.3 is 5.73 Å². The lowest BCUT2D eigenvalue weighted by Gasteiger charge is -2.15. The van der Waals surface area contributed by atoms with Crippen molar-refractivity contribution in [1.82, 2.24) is 4.72 Å². The lowest BCUT2D eigenvalue weighted by Crippen LogP contribution is -2.30. The summed E-state index contributed by atoms with van der Waals surface area (Å²) in [6, 6.07) is 5.12. The molecule has 0 aromatic heterocycles. The lowest BCUT2D eigenvalue weighted by atomic mass is 10.0. The molecule has 3 N–H and O–H groups in total. The van der Waals surface area contributed by atoms with Gasteiger partial charge in [-0.15, -0.1) is 0 Å². The Morgan fingerprint density at radius 2 is 1.89 bits per heavy atom. The van der Waals surface area contributed by atoms with Crippen molar-refractivity contribution in [2.45, 2.75) is 38.5 Å². The number of nitrogens with two attached hydrogens (primary N) is 1. The maximum Gasteiger partial charge on any atom is 0.242 e. The zero-order valence-corrected chi connectivity index (χ0v) is 12.0. The first-order valence-electron chi connectivity index (χ1n) is 6.27. The van der Waals surface area contributed by atoms with Crippen molar-refractivity contribution in [3.8, 4) is 0 Å². The molecular weight excluding hydrogens is 248 g/mol. The van der Waals surface area contributed by atoms with Gasteiger partial charge in [0.2, 0.25) is 10.0 Å². The molecule has 0 heterocycles. The number of rotatable bonds is 6. The summed E-state index contributed by atoms with van der Waals surface area (Å²) >= 11 is 0. The van der Waals surface area contributed by atoms with Gasteiger partial charge in [0.15, 0.2) is 0 Å². The van der Waals surface area contributed by atoms with Crippen LogP contribution in [-0.2, 0) is 10.0 Å². The molecule has 0 aliphatic rings. The summed E-state index contributed by atoms with van der Waals surface area (Å²) in [5, 5.41) is 0. The molecule has 0 fully saturated rings. The van der Waals surface area contributed by atoms with Gasteiger partial charge in [-0.2, -0.15) is 0 Å². The summed E-state index contributed by atoms with van der Waals surface area (Å²) in [5.41, 5.74) is 6.73. The Morgan fingerprint density at radius 3 is 2.39 bits per heavy atom. The molecule has 0 saturated heterocycles. The van der Waals surface area contributed by atoms with Gasteiger partial charge in [0.25, 0.3) is 0 Å². The molecule has 1 rings (SSSR count). The van der Waals surface area contributed by atoms with Crippen LogP contribution in [-0.4, -0.2) is 15.0 Å². The third-order valence-corrected chi connectivity index (χ3v) is 4.87. The summed E-state index contributed by atoms with van der Waals surface area (Å²) in [7, 11) is -3.51. The predicted molar refractivity (Wildman–Crippen MR) is 74.9 cm³/mol. The third kappa shape index (κ3) is 3.46. The van der Waals surface area contributed by atoms with Crippen LogP contribution in [0, 0.1) is 12.8 Å². The Morgan fingerprint density at radius 1 is 1.28 bits per heavy atom. The van der Waals surface area contributed by atoms with Crippen LogP contribution in [0.5, 0.6) is 0 Å². The smallest absolute Gasteiger partial charge is 0.242 e. The van der Waals surface area contributed by atoms with Crippen LogP contribution in [0.4, 0.5) is 5.69 Å². The number of sulfonamides is 1. The average Bonchev–Trinajstić information content (AvgIpc) is 2.29. The van der Waals surface area contributed by atoms with Crippen LogP contribution < -0.4 is 10.5 Å². The van der Waals surface area contributed by atoms with E-state index in [0.29, 0.717) is 23.7 Å². The zero-order chi connectivity index (χ0) is 13.8. The van der Waals surface area contributed by atoms with E-state index in [1.54, 1.807) is 25.1 Å². The Bertz CT molecular complexity index is 473. The molecule has 4 nitrogen and oxygen atoms in total. The Balaban J connectivity index is 2.94. The minimum atomic E-state index is -3.51. The number of aryl methyl sites for hydroxylation is 1. The van der Waals surface area contributed by atoms with Crippen molar-refractivity contribution in [3.05, 3.63) is 23.8 Å². The highest BCUT2D eigenvalue weighted by molar-refractivity contribution is 7.89. The quantitative estimate of drug-likeness (QED) is 0.779. The molecule has 102 valence electrons. The number of hydrogen-bond donors (Lipinski definition) is 2. The van der Waals surface area contributed by atoms with E-state index < -0.39 is 10.0 Å². The van der Waals surface area contributed by atoms with E-state index in [1.165, 1.54) is 0 Å². The van der Waals surface area contributed by atoms with Crippen molar-refractivity contribution in [3.63, 3.8) is 0 Å². The van der Waals surface area contributed by atoms with E-state index in [0.717, 1.165) is 12.8 Å². The molecule has 18 heavy (non-hydrogen) atoms. The van der Waals surface area contributed by atoms with E-state index in [-0.39, 0.29) is 4.90 Å². The van der Waals surface area contributed by atoms with Crippen LogP contribution in [0.1, 0.15) is 32.3 Å². The molecule has 0 unspecified atom stereocenters. The van der Waals surface area contributed by atoms with Gasteiger partial charge in [-0.05, 0) is 24.5 Å². The lowest BCUT2D eigenvalue weighted by molar-refractivity contribution is 0.479. The Hall–Kier alpha value is -1.07. The van der Waals surface area contributed by atoms with E-state index >= 15 is 0 Å². The zero-order valence-electron chi connectivity index (χ0n) is 11.2. The topological polar surface area (TPSA) is 72.2 Å². The van der Waals surface area contributed by atoms with Crippen LogP contribution in [0.15, 0.2) is 23.1 Å². The fourth-order valence-electron chi connectivity index (χ4n) is 1.92. The molecule has 0 radical (unpaired) electrons. The molecule has 0 bridgehead atoms. The summed E-state index contributed by atoms with van der Waals surface area (Å²) in [6.45, 7) is 6.33. The van der Waals surface area contributed by atoms with Crippen LogP contribution in [0.25, 0.3) is 0 Å². The van der Waals surface area contributed by atoms with E-state index in [1.807, 2.05) is 0 Å². The summed E-state index contributed by atoms with van der Waals surface area (Å²) in [5.74, 6) is 0.366. The van der Waals surface area contributed by atoms with E-state index in [2.05, 4.69) is 18.6 Å². The largest absolute Gasteiger partial charge is 0.398 e. The summed E-state index contributed by atoms with van der Waals surface area (Å²) < 4.78 is 27.1. The molecule has 0 amide bonds. The van der Waals surface area contributed by atoms with Gasteiger partial charge in [-0.25, -0.2) is 13.1 Å². The fraction of sp³-hybridized carbons (Fsp3) is 0.538. The highest BCUT2D eigenvalue weighted by Gasteiger charge is 2.20. The normalized spacial score (nSPS) is 12.0. The van der Waals surface area contributed by atoms with Crippen LogP contribution in [0.2, 0.25) is 0 Å². The highest BCUT2D eigenvalue weighted by Crippen LogP contribution is 2.22. The summed E-state index contributed by atoms with van der Waals surface area (Å²) in [4.78, 5) is 0.205. The minimum absolute atomic E-state index is 0.205. The SMILES string of the molecule is CCC(CC)CNS(=O)(=O)c1c(C)cccc1N. The molecular formula is C13H22N2O2S. The number of anilines is 1. The van der Waals surface area contributed by atoms with Crippen molar-refractivity contribution >= 4 is 15.7 Å². The Labute approximate surface area is 110 Å². The molecule has 1 aromatic rings. The van der Waals surface area contributed by atoms with E-state index in [9.17, 15) is 8.42 Å². The first-order chi connectivity index (χ1) is 8.42. The second-order valence-electron chi connectivity index (χ2n) is 4.53. The first-order valence-corrected chi connectivity index (χ1v) is 7.75. The monoisotopic (exact) mass is 270 g/mol. The Kier molecular flexibility index (Phi) is 5.16. The molecule has 0 atom stereocenters. The van der Waals surface area contributed by atoms with Gasteiger partial charge in [0, 0.05) is 6.54 Å². The maximum absolute atomic E-state index is 12.2. The second-order valence-corrected chi connectivity index (χ2v) is 6.23. The van der Waals surface area contributed by atoms with Gasteiger partial charge in [-0.3, -0.25) is 0 Å². The third-order valence-electron chi connectivity index (χ3n) is 3.23. The molecule has 5 heteroatoms.